The molecule has 0 fully saturated rings. The van der Waals surface area contributed by atoms with E-state index in [0.717, 1.165) is 0 Å². The van der Waals surface area contributed by atoms with E-state index in [0.29, 0.717) is 35.1 Å². The van der Waals surface area contributed by atoms with Gasteiger partial charge in [-0.15, -0.1) is 0 Å². The number of nitrogens with one attached hydrogen (secondary N) is 1. The lowest BCUT2D eigenvalue weighted by atomic mass is 9.98. The van der Waals surface area contributed by atoms with Crippen molar-refractivity contribution in [3.63, 3.8) is 0 Å². The number of aromatic amines is 1. The van der Waals surface area contributed by atoms with Crippen molar-refractivity contribution < 1.29 is 14.9 Å². The van der Waals surface area contributed by atoms with Gasteiger partial charge in [-0.3, -0.25) is 4.79 Å². The molecule has 0 spiro atoms. The number of aromatic hydroxyl groups is 1. The number of hydrogen-bond acceptors (Lipinski definition) is 4. The van der Waals surface area contributed by atoms with Crippen LogP contribution in [0, 0.1) is 0 Å². The van der Waals surface area contributed by atoms with Crippen LogP contribution < -0.4 is 10.3 Å². The van der Waals surface area contributed by atoms with Crippen LogP contribution in [0.2, 0.25) is 0 Å². The fraction of sp³-hybridized carbons (Fsp3) is 0.400. The summed E-state index contributed by atoms with van der Waals surface area (Å²) in [7, 11) is 1.49. The number of para-hydroxylation sites is 1. The molecule has 20 heavy (non-hydrogen) atoms. The molecule has 108 valence electrons. The van der Waals surface area contributed by atoms with Gasteiger partial charge in [0.25, 0.3) is 5.56 Å². The molecule has 1 heterocycles. The van der Waals surface area contributed by atoms with Gasteiger partial charge >= 0.3 is 0 Å². The summed E-state index contributed by atoms with van der Waals surface area (Å²) < 4.78 is 5.35. The van der Waals surface area contributed by atoms with Gasteiger partial charge in [0.1, 0.15) is 11.5 Å². The molecule has 0 bridgehead atoms. The van der Waals surface area contributed by atoms with Crippen molar-refractivity contribution in [2.75, 3.05) is 7.11 Å². The van der Waals surface area contributed by atoms with Crippen LogP contribution in [-0.2, 0) is 6.42 Å². The van der Waals surface area contributed by atoms with E-state index in [-0.39, 0.29) is 11.3 Å². The maximum Gasteiger partial charge on any atom is 0.255 e. The van der Waals surface area contributed by atoms with Crippen molar-refractivity contribution in [3.8, 4) is 11.5 Å². The number of fused-ring (bicyclic) bond motifs is 1. The average molecular weight is 277 g/mol. The van der Waals surface area contributed by atoms with E-state index in [1.165, 1.54) is 13.2 Å². The number of pyridine rings is 1. The van der Waals surface area contributed by atoms with E-state index in [1.807, 2.05) is 0 Å². The fourth-order valence-electron chi connectivity index (χ4n) is 2.21. The van der Waals surface area contributed by atoms with Gasteiger partial charge in [-0.25, -0.2) is 0 Å². The van der Waals surface area contributed by atoms with E-state index in [4.69, 9.17) is 4.74 Å². The molecule has 3 N–H and O–H groups in total. The van der Waals surface area contributed by atoms with Crippen molar-refractivity contribution >= 4 is 10.9 Å². The topological polar surface area (TPSA) is 82.5 Å². The predicted octanol–water partition coefficient (Wildman–Crippen LogP) is 1.95. The zero-order valence-electron chi connectivity index (χ0n) is 11.9. The van der Waals surface area contributed by atoms with Gasteiger partial charge in [0.15, 0.2) is 0 Å². The Balaban J connectivity index is 2.60. The van der Waals surface area contributed by atoms with Gasteiger partial charge in [-0.2, -0.15) is 0 Å². The molecule has 5 heteroatoms. The molecule has 1 aromatic heterocycles. The Morgan fingerprint density at radius 1 is 1.35 bits per heavy atom. The lowest BCUT2D eigenvalue weighted by Crippen LogP contribution is -2.22. The third-order valence-corrected chi connectivity index (χ3v) is 3.26. The molecule has 0 aliphatic heterocycles. The van der Waals surface area contributed by atoms with E-state index >= 15 is 0 Å². The first-order valence-electron chi connectivity index (χ1n) is 6.46. The molecule has 0 atom stereocenters. The van der Waals surface area contributed by atoms with Crippen molar-refractivity contribution in [2.24, 2.45) is 0 Å². The zero-order chi connectivity index (χ0) is 14.9. The molecule has 0 unspecified atom stereocenters. The van der Waals surface area contributed by atoms with E-state index < -0.39 is 5.60 Å². The van der Waals surface area contributed by atoms with Crippen LogP contribution >= 0.6 is 0 Å². The van der Waals surface area contributed by atoms with Gasteiger partial charge in [0.05, 0.1) is 23.8 Å². The fourth-order valence-corrected chi connectivity index (χ4v) is 2.21. The summed E-state index contributed by atoms with van der Waals surface area (Å²) in [5.74, 6) is 0.454. The molecular formula is C15H19NO4. The maximum atomic E-state index is 12.2. The molecule has 0 radical (unpaired) electrons. The first-order valence-corrected chi connectivity index (χ1v) is 6.46. The summed E-state index contributed by atoms with van der Waals surface area (Å²) in [6, 6.07) is 4.98. The van der Waals surface area contributed by atoms with E-state index in [2.05, 4.69) is 4.98 Å². The molecule has 0 saturated heterocycles. The second-order valence-corrected chi connectivity index (χ2v) is 5.48. The molecule has 0 aliphatic rings. The molecule has 0 amide bonds. The van der Waals surface area contributed by atoms with Gasteiger partial charge in [0.2, 0.25) is 0 Å². The highest BCUT2D eigenvalue weighted by Gasteiger charge is 2.19. The van der Waals surface area contributed by atoms with Crippen molar-refractivity contribution in [1.82, 2.24) is 4.98 Å². The summed E-state index contributed by atoms with van der Waals surface area (Å²) in [5.41, 5.74) is -0.320. The normalized spacial score (nSPS) is 11.8. The number of aromatic nitrogens is 1. The highest BCUT2D eigenvalue weighted by Crippen LogP contribution is 2.31. The average Bonchev–Trinajstić information content (AvgIpc) is 2.36. The molecule has 5 nitrogen and oxygen atoms in total. The number of H-pyrrole nitrogens is 1. The third-order valence-electron chi connectivity index (χ3n) is 3.26. The number of benzene rings is 1. The highest BCUT2D eigenvalue weighted by atomic mass is 16.5. The lowest BCUT2D eigenvalue weighted by molar-refractivity contribution is 0.0712. The van der Waals surface area contributed by atoms with Crippen LogP contribution in [0.3, 0.4) is 0 Å². The van der Waals surface area contributed by atoms with Crippen LogP contribution in [0.5, 0.6) is 11.5 Å². The third kappa shape index (κ3) is 2.77. The number of phenolic OH excluding ortho intramolecular Hbond substituents is 1. The molecule has 2 aromatic rings. The van der Waals surface area contributed by atoms with Crippen LogP contribution in [0.25, 0.3) is 10.9 Å². The van der Waals surface area contributed by atoms with E-state index in [9.17, 15) is 15.0 Å². The summed E-state index contributed by atoms with van der Waals surface area (Å²) in [4.78, 5) is 14.8. The number of methoxy groups -OCH3 is 1. The van der Waals surface area contributed by atoms with Gasteiger partial charge in [-0.1, -0.05) is 6.07 Å². The van der Waals surface area contributed by atoms with E-state index in [1.54, 1.807) is 26.0 Å². The first-order chi connectivity index (χ1) is 9.33. The van der Waals surface area contributed by atoms with Crippen molar-refractivity contribution in [2.45, 2.75) is 32.3 Å². The summed E-state index contributed by atoms with van der Waals surface area (Å²) in [6.45, 7) is 3.39. The Hall–Kier alpha value is -2.01. The van der Waals surface area contributed by atoms with Gasteiger partial charge in [-0.05, 0) is 38.8 Å². The standard InChI is InChI=1S/C15H19NO4/c1-15(2,19)8-7-10-13(20-3)9-5-4-6-11(17)12(9)16-14(10)18/h4-6,17,19H,7-8H2,1-3H3,(H,16,18). The molecular weight excluding hydrogens is 258 g/mol. The first kappa shape index (κ1) is 14.4. The predicted molar refractivity (Wildman–Crippen MR) is 77.4 cm³/mol. The number of ether oxygens (including phenoxy) is 1. The smallest absolute Gasteiger partial charge is 0.255 e. The Kier molecular flexibility index (Phi) is 3.72. The number of hydrogen-bond donors (Lipinski definition) is 3. The quantitative estimate of drug-likeness (QED) is 0.797. The number of aliphatic hydroxyl groups is 1. The van der Waals surface area contributed by atoms with Crippen LogP contribution in [0.4, 0.5) is 0 Å². The van der Waals surface area contributed by atoms with Crippen LogP contribution in [-0.4, -0.2) is 27.9 Å². The molecule has 0 aliphatic carbocycles. The minimum absolute atomic E-state index is 0.00642. The lowest BCUT2D eigenvalue weighted by Gasteiger charge is -2.18. The summed E-state index contributed by atoms with van der Waals surface area (Å²) in [6.07, 6.45) is 0.838. The Morgan fingerprint density at radius 3 is 2.65 bits per heavy atom. The number of rotatable bonds is 4. The second-order valence-electron chi connectivity index (χ2n) is 5.48. The minimum Gasteiger partial charge on any atom is -0.506 e. The summed E-state index contributed by atoms with van der Waals surface area (Å²) in [5, 5.41) is 20.2. The minimum atomic E-state index is -0.856. The highest BCUT2D eigenvalue weighted by molar-refractivity contribution is 5.90. The maximum absolute atomic E-state index is 12.2. The van der Waals surface area contributed by atoms with Crippen LogP contribution in [0.15, 0.2) is 23.0 Å². The zero-order valence-corrected chi connectivity index (χ0v) is 11.9. The Morgan fingerprint density at radius 2 is 2.05 bits per heavy atom. The monoisotopic (exact) mass is 277 g/mol. The van der Waals surface area contributed by atoms with Crippen LogP contribution in [0.1, 0.15) is 25.8 Å². The van der Waals surface area contributed by atoms with Crippen molar-refractivity contribution in [1.29, 1.82) is 0 Å². The molecule has 0 saturated carbocycles. The van der Waals surface area contributed by atoms with Gasteiger partial charge in [0, 0.05) is 5.39 Å². The Labute approximate surface area is 116 Å². The molecule has 2 rings (SSSR count). The Bertz CT molecular complexity index is 683. The van der Waals surface area contributed by atoms with Gasteiger partial charge < -0.3 is 19.9 Å². The number of phenols is 1. The molecule has 1 aromatic carbocycles. The van der Waals surface area contributed by atoms with Crippen molar-refractivity contribution in [3.05, 3.63) is 34.1 Å². The second kappa shape index (κ2) is 5.17. The largest absolute Gasteiger partial charge is 0.506 e. The SMILES string of the molecule is COc1c(CCC(C)(C)O)c(=O)[nH]c2c(O)cccc12. The summed E-state index contributed by atoms with van der Waals surface area (Å²) >= 11 is 0.